The normalized spacial score (nSPS) is 11.5. The fraction of sp³-hybridized carbons (Fsp3) is 0.500. The summed E-state index contributed by atoms with van der Waals surface area (Å²) in [6, 6.07) is 6.46. The summed E-state index contributed by atoms with van der Waals surface area (Å²) < 4.78 is 25.9. The Morgan fingerprint density at radius 3 is 2.38 bits per heavy atom. The molecule has 0 saturated heterocycles. The second-order valence-electron chi connectivity index (χ2n) is 6.31. The second kappa shape index (κ2) is 10.4. The van der Waals surface area contributed by atoms with Crippen LogP contribution in [0.25, 0.3) is 0 Å². The average molecular weight is 403 g/mol. The van der Waals surface area contributed by atoms with Crippen molar-refractivity contribution in [2.75, 3.05) is 40.8 Å². The predicted molar refractivity (Wildman–Crippen MR) is 105 cm³/mol. The highest BCUT2D eigenvalue weighted by molar-refractivity contribution is 7.89. The lowest BCUT2D eigenvalue weighted by Crippen LogP contribution is -3.05. The molecule has 1 amide bonds. The molecule has 0 atom stereocenters. The minimum Gasteiger partial charge on any atom is -0.361 e. The summed E-state index contributed by atoms with van der Waals surface area (Å²) in [5.41, 5.74) is 5.92. The van der Waals surface area contributed by atoms with Crippen molar-refractivity contribution in [3.8, 4) is 0 Å². The molecule has 1 aromatic rings. The van der Waals surface area contributed by atoms with Crippen LogP contribution in [0.15, 0.2) is 29.2 Å². The fourth-order valence-electron chi connectivity index (χ4n) is 2.03. The van der Waals surface area contributed by atoms with E-state index in [0.717, 1.165) is 22.8 Å². The maximum Gasteiger partial charge on any atom is 0.253 e. The Hall–Kier alpha value is -1.75. The molecule has 0 bridgehead atoms. The molecule has 0 saturated carbocycles. The molecule has 26 heavy (non-hydrogen) atoms. The van der Waals surface area contributed by atoms with Gasteiger partial charge in [0.15, 0.2) is 5.11 Å². The van der Waals surface area contributed by atoms with Gasteiger partial charge in [-0.25, -0.2) is 8.42 Å². The average Bonchev–Trinajstić information content (AvgIpc) is 2.57. The van der Waals surface area contributed by atoms with E-state index in [0.29, 0.717) is 6.54 Å². The van der Waals surface area contributed by atoms with E-state index in [1.807, 2.05) is 6.92 Å². The van der Waals surface area contributed by atoms with Crippen LogP contribution >= 0.6 is 12.2 Å². The van der Waals surface area contributed by atoms with Crippen LogP contribution in [0.4, 0.5) is 0 Å². The number of quaternary nitrogens is 1. The number of rotatable bonds is 8. The predicted octanol–water partition coefficient (Wildman–Crippen LogP) is -1.35. The Bertz CT molecular complexity index is 705. The number of nitrogens with zero attached hydrogens (tertiary/aromatic N) is 1. The Kier molecular flexibility index (Phi) is 8.93. The van der Waals surface area contributed by atoms with Gasteiger partial charge in [0, 0.05) is 20.0 Å². The van der Waals surface area contributed by atoms with Crippen LogP contribution in [-0.4, -0.2) is 64.5 Å². The number of benzene rings is 1. The molecule has 146 valence electrons. The minimum atomic E-state index is -3.72. The number of likely N-dealkylation sites (N-methyl/N-ethyl adjacent to an activating group) is 1. The van der Waals surface area contributed by atoms with Gasteiger partial charge in [-0.15, -0.1) is 0 Å². The van der Waals surface area contributed by atoms with Crippen molar-refractivity contribution in [2.24, 2.45) is 0 Å². The van der Waals surface area contributed by atoms with Gasteiger partial charge in [-0.1, -0.05) is 17.7 Å². The van der Waals surface area contributed by atoms with Crippen molar-refractivity contribution >= 4 is 33.3 Å². The number of hydrogen-bond donors (Lipinski definition) is 4. The molecule has 8 nitrogen and oxygen atoms in total. The molecule has 0 aliphatic heterocycles. The topological polar surface area (TPSA) is 95.0 Å². The van der Waals surface area contributed by atoms with E-state index < -0.39 is 15.9 Å². The van der Waals surface area contributed by atoms with Gasteiger partial charge in [0.05, 0.1) is 32.1 Å². The lowest BCUT2D eigenvalue weighted by atomic mass is 10.2. The molecule has 10 heteroatoms. The molecule has 0 aliphatic rings. The van der Waals surface area contributed by atoms with E-state index in [1.54, 1.807) is 12.1 Å². The van der Waals surface area contributed by atoms with E-state index >= 15 is 0 Å². The minimum absolute atomic E-state index is 0.145. The van der Waals surface area contributed by atoms with E-state index in [2.05, 4.69) is 30.3 Å². The first-order valence-electron chi connectivity index (χ1n) is 8.27. The summed E-state index contributed by atoms with van der Waals surface area (Å²) >= 11 is 5.05. The van der Waals surface area contributed by atoms with Gasteiger partial charge in [0.2, 0.25) is 10.0 Å². The Morgan fingerprint density at radius 2 is 1.81 bits per heavy atom. The molecule has 4 N–H and O–H groups in total. The molecule has 1 aromatic carbocycles. The number of aryl methyl sites for hydroxylation is 1. The number of amides is 1. The monoisotopic (exact) mass is 402 g/mol. The van der Waals surface area contributed by atoms with Crippen molar-refractivity contribution in [1.29, 1.82) is 0 Å². The van der Waals surface area contributed by atoms with Crippen LogP contribution in [0, 0.1) is 6.92 Å². The van der Waals surface area contributed by atoms with Gasteiger partial charge in [0.25, 0.3) is 5.91 Å². The summed E-state index contributed by atoms with van der Waals surface area (Å²) in [4.78, 5) is 13.4. The van der Waals surface area contributed by atoms with Crippen LogP contribution in [0.2, 0.25) is 0 Å². The highest BCUT2D eigenvalue weighted by Crippen LogP contribution is 2.14. The zero-order valence-corrected chi connectivity index (χ0v) is 17.3. The van der Waals surface area contributed by atoms with Gasteiger partial charge in [-0.05, 0) is 31.3 Å². The molecule has 1 rings (SSSR count). The summed E-state index contributed by atoms with van der Waals surface area (Å²) in [5, 5.41) is 3.26. The summed E-state index contributed by atoms with van der Waals surface area (Å²) in [5.74, 6) is -0.509. The number of nitrogens with one attached hydrogen (secondary N) is 4. The highest BCUT2D eigenvalue weighted by Gasteiger charge is 2.22. The smallest absolute Gasteiger partial charge is 0.253 e. The number of thiocarbonyl (C=S) groups is 1. The summed E-state index contributed by atoms with van der Waals surface area (Å²) in [7, 11) is 1.77. The molecule has 0 spiro atoms. The Balaban J connectivity index is 2.42. The molecular formula is C16H28N5O3S2+. The third kappa shape index (κ3) is 7.65. The highest BCUT2D eigenvalue weighted by atomic mass is 32.2. The molecule has 0 unspecified atom stereocenters. The molecule has 0 radical (unpaired) electrons. The Morgan fingerprint density at radius 1 is 1.19 bits per heavy atom. The quantitative estimate of drug-likeness (QED) is 0.244. The van der Waals surface area contributed by atoms with Gasteiger partial charge < -0.3 is 10.2 Å². The summed E-state index contributed by atoms with van der Waals surface area (Å²) in [6.45, 7) is 3.24. The van der Waals surface area contributed by atoms with Crippen LogP contribution in [-0.2, 0) is 14.8 Å². The number of carbonyl (C=O) groups excluding carboxylic acids is 1. The molecule has 0 aromatic heterocycles. The maximum atomic E-state index is 12.4. The van der Waals surface area contributed by atoms with Crippen molar-refractivity contribution in [1.82, 2.24) is 20.5 Å². The van der Waals surface area contributed by atoms with Crippen LogP contribution in [0.1, 0.15) is 12.0 Å². The first-order valence-corrected chi connectivity index (χ1v) is 10.1. The van der Waals surface area contributed by atoms with Crippen molar-refractivity contribution in [3.05, 3.63) is 29.8 Å². The third-order valence-corrected chi connectivity index (χ3v) is 5.61. The lowest BCUT2D eigenvalue weighted by Gasteiger charge is -2.18. The largest absolute Gasteiger partial charge is 0.361 e. The number of hydrogen-bond acceptors (Lipinski definition) is 4. The summed E-state index contributed by atoms with van der Waals surface area (Å²) in [6.07, 6.45) is 0.940. The standard InChI is InChI=1S/C16H27N5O3S2/c1-13-6-8-14(9-7-13)26(23,24)21(4)12-15(22)18-19-16(25)17-10-5-11-20(2)3/h6-9H,5,10-12H2,1-4H3,(H,18,22)(H2,17,19,25)/p+1. The zero-order chi connectivity index (χ0) is 19.7. The molecule has 0 aliphatic carbocycles. The van der Waals surface area contributed by atoms with E-state index in [9.17, 15) is 13.2 Å². The first kappa shape index (κ1) is 22.3. The van der Waals surface area contributed by atoms with Crippen LogP contribution in [0.5, 0.6) is 0 Å². The molecular weight excluding hydrogens is 374 g/mol. The van der Waals surface area contributed by atoms with Crippen molar-refractivity contribution in [2.45, 2.75) is 18.2 Å². The third-order valence-electron chi connectivity index (χ3n) is 3.55. The maximum absolute atomic E-state index is 12.4. The van der Waals surface area contributed by atoms with E-state index in [1.165, 1.54) is 24.1 Å². The van der Waals surface area contributed by atoms with Gasteiger partial charge >= 0.3 is 0 Å². The van der Waals surface area contributed by atoms with Gasteiger partial charge in [-0.3, -0.25) is 15.6 Å². The zero-order valence-electron chi connectivity index (χ0n) is 15.6. The second-order valence-corrected chi connectivity index (χ2v) is 8.77. The first-order chi connectivity index (χ1) is 12.1. The van der Waals surface area contributed by atoms with Crippen LogP contribution < -0.4 is 21.1 Å². The fourth-order valence-corrected chi connectivity index (χ4v) is 3.31. The number of carbonyl (C=O) groups is 1. The lowest BCUT2D eigenvalue weighted by molar-refractivity contribution is -0.858. The molecule has 0 heterocycles. The van der Waals surface area contributed by atoms with E-state index in [-0.39, 0.29) is 16.6 Å². The van der Waals surface area contributed by atoms with Crippen molar-refractivity contribution in [3.63, 3.8) is 0 Å². The SMILES string of the molecule is Cc1ccc(S(=O)(=O)N(C)CC(=O)NNC(=S)NCCC[NH+](C)C)cc1. The van der Waals surface area contributed by atoms with E-state index in [4.69, 9.17) is 12.2 Å². The molecule has 0 fully saturated rings. The van der Waals surface area contributed by atoms with Crippen molar-refractivity contribution < 1.29 is 18.1 Å². The number of hydrazine groups is 1. The number of sulfonamides is 1. The Labute approximate surface area is 161 Å². The van der Waals surface area contributed by atoms with Gasteiger partial charge in [-0.2, -0.15) is 4.31 Å². The van der Waals surface area contributed by atoms with Crippen LogP contribution in [0.3, 0.4) is 0 Å². The van der Waals surface area contributed by atoms with Gasteiger partial charge in [0.1, 0.15) is 0 Å².